The first-order chi connectivity index (χ1) is 23.7. The number of hydrogen-bond acceptors (Lipinski definition) is 5. The average molecular weight is 616 g/mol. The number of para-hydroxylation sites is 1. The third-order valence-electron chi connectivity index (χ3n) is 9.12. The van der Waals surface area contributed by atoms with E-state index in [2.05, 4.69) is 97.1 Å². The van der Waals surface area contributed by atoms with Gasteiger partial charge in [-0.3, -0.25) is 0 Å². The molecule has 7 aromatic carbocycles. The third kappa shape index (κ3) is 4.29. The maximum atomic E-state index is 6.38. The number of benzene rings is 7. The van der Waals surface area contributed by atoms with Gasteiger partial charge in [0.15, 0.2) is 17.5 Å². The molecular formula is C43H25N3O2. The zero-order valence-corrected chi connectivity index (χ0v) is 25.6. The van der Waals surface area contributed by atoms with Crippen LogP contribution in [0.25, 0.3) is 99.9 Å². The van der Waals surface area contributed by atoms with Crippen molar-refractivity contribution >= 4 is 54.6 Å². The monoisotopic (exact) mass is 615 g/mol. The van der Waals surface area contributed by atoms with Crippen molar-refractivity contribution in [2.45, 2.75) is 0 Å². The number of nitrogens with zero attached hydrogens (tertiary/aromatic N) is 3. The van der Waals surface area contributed by atoms with E-state index in [0.29, 0.717) is 17.5 Å². The van der Waals surface area contributed by atoms with E-state index in [1.165, 1.54) is 0 Å². The largest absolute Gasteiger partial charge is 0.456 e. The summed E-state index contributed by atoms with van der Waals surface area (Å²) in [6.07, 6.45) is 0. The number of rotatable bonds is 4. The number of furan rings is 2. The minimum atomic E-state index is 0.582. The van der Waals surface area contributed by atoms with Crippen LogP contribution in [0, 0.1) is 0 Å². The second kappa shape index (κ2) is 10.5. The second-order valence-corrected chi connectivity index (χ2v) is 12.0. The highest BCUT2D eigenvalue weighted by Crippen LogP contribution is 2.39. The van der Waals surface area contributed by atoms with Gasteiger partial charge in [-0.15, -0.1) is 0 Å². The predicted molar refractivity (Wildman–Crippen MR) is 194 cm³/mol. The zero-order valence-electron chi connectivity index (χ0n) is 25.6. The average Bonchev–Trinajstić information content (AvgIpc) is 3.72. The predicted octanol–water partition coefficient (Wildman–Crippen LogP) is 11.5. The lowest BCUT2D eigenvalue weighted by molar-refractivity contribution is 0.668. The van der Waals surface area contributed by atoms with Crippen molar-refractivity contribution in [3.05, 3.63) is 152 Å². The summed E-state index contributed by atoms with van der Waals surface area (Å²) in [6.45, 7) is 0. The smallest absolute Gasteiger partial charge is 0.164 e. The molecular weight excluding hydrogens is 590 g/mol. The fraction of sp³-hybridized carbons (Fsp3) is 0. The molecule has 10 aromatic rings. The number of fused-ring (bicyclic) bond motifs is 7. The van der Waals surface area contributed by atoms with Gasteiger partial charge in [-0.25, -0.2) is 15.0 Å². The molecule has 0 aliphatic carbocycles. The molecule has 5 nitrogen and oxygen atoms in total. The van der Waals surface area contributed by atoms with Crippen LogP contribution < -0.4 is 0 Å². The topological polar surface area (TPSA) is 65.0 Å². The maximum absolute atomic E-state index is 6.38. The van der Waals surface area contributed by atoms with E-state index in [0.717, 1.165) is 82.5 Å². The molecule has 0 amide bonds. The highest BCUT2D eigenvalue weighted by atomic mass is 16.3. The molecule has 48 heavy (non-hydrogen) atoms. The van der Waals surface area contributed by atoms with Crippen molar-refractivity contribution in [2.75, 3.05) is 0 Å². The van der Waals surface area contributed by atoms with Crippen molar-refractivity contribution < 1.29 is 8.83 Å². The first kappa shape index (κ1) is 26.6. The van der Waals surface area contributed by atoms with Crippen LogP contribution in [0.3, 0.4) is 0 Å². The van der Waals surface area contributed by atoms with Crippen LogP contribution in [0.1, 0.15) is 0 Å². The lowest BCUT2D eigenvalue weighted by atomic mass is 10.0. The summed E-state index contributed by atoms with van der Waals surface area (Å²) in [5.41, 5.74) is 8.24. The van der Waals surface area contributed by atoms with Crippen molar-refractivity contribution in [3.63, 3.8) is 0 Å². The second-order valence-electron chi connectivity index (χ2n) is 12.0. The van der Waals surface area contributed by atoms with Gasteiger partial charge in [-0.05, 0) is 70.4 Å². The van der Waals surface area contributed by atoms with Gasteiger partial charge >= 0.3 is 0 Å². The van der Waals surface area contributed by atoms with Gasteiger partial charge in [-0.1, -0.05) is 103 Å². The summed E-state index contributed by atoms with van der Waals surface area (Å²) in [5.74, 6) is 1.77. The van der Waals surface area contributed by atoms with Gasteiger partial charge in [0.2, 0.25) is 0 Å². The third-order valence-corrected chi connectivity index (χ3v) is 9.12. The van der Waals surface area contributed by atoms with Crippen molar-refractivity contribution in [1.29, 1.82) is 0 Å². The molecule has 3 heterocycles. The molecule has 0 bridgehead atoms. The highest BCUT2D eigenvalue weighted by molar-refractivity contribution is 6.13. The molecule has 0 aliphatic heterocycles. The van der Waals surface area contributed by atoms with Crippen LogP contribution in [0.5, 0.6) is 0 Å². The molecule has 0 radical (unpaired) electrons. The first-order valence-electron chi connectivity index (χ1n) is 15.9. The molecule has 0 saturated carbocycles. The molecule has 0 fully saturated rings. The molecule has 0 atom stereocenters. The van der Waals surface area contributed by atoms with Crippen molar-refractivity contribution in [1.82, 2.24) is 15.0 Å². The van der Waals surface area contributed by atoms with E-state index in [1.807, 2.05) is 54.6 Å². The quantitative estimate of drug-likeness (QED) is 0.197. The molecule has 5 heteroatoms. The van der Waals surface area contributed by atoms with Crippen molar-refractivity contribution in [3.8, 4) is 45.3 Å². The number of hydrogen-bond donors (Lipinski definition) is 0. The normalized spacial score (nSPS) is 11.8. The summed E-state index contributed by atoms with van der Waals surface area (Å²) < 4.78 is 12.5. The van der Waals surface area contributed by atoms with Crippen LogP contribution in [-0.4, -0.2) is 15.0 Å². The van der Waals surface area contributed by atoms with Gasteiger partial charge in [0.1, 0.15) is 22.3 Å². The maximum Gasteiger partial charge on any atom is 0.164 e. The van der Waals surface area contributed by atoms with Gasteiger partial charge in [0.05, 0.1) is 0 Å². The zero-order chi connectivity index (χ0) is 31.6. The molecule has 0 spiro atoms. The van der Waals surface area contributed by atoms with Crippen LogP contribution in [0.15, 0.2) is 160 Å². The Balaban J connectivity index is 1.22. The minimum absolute atomic E-state index is 0.582. The Labute approximate surface area is 274 Å². The summed E-state index contributed by atoms with van der Waals surface area (Å²) in [4.78, 5) is 15.4. The van der Waals surface area contributed by atoms with Gasteiger partial charge in [-0.2, -0.15) is 0 Å². The Kier molecular flexibility index (Phi) is 5.81. The minimum Gasteiger partial charge on any atom is -0.456 e. The molecule has 0 N–H and O–H groups in total. The van der Waals surface area contributed by atoms with E-state index in [4.69, 9.17) is 23.8 Å². The number of aromatic nitrogens is 3. The molecule has 224 valence electrons. The van der Waals surface area contributed by atoms with Gasteiger partial charge in [0, 0.05) is 38.2 Å². The fourth-order valence-electron chi connectivity index (χ4n) is 6.77. The summed E-state index contributed by atoms with van der Waals surface area (Å²) in [6, 6.07) is 51.7. The van der Waals surface area contributed by atoms with E-state index in [9.17, 15) is 0 Å². The summed E-state index contributed by atoms with van der Waals surface area (Å²) >= 11 is 0. The molecule has 0 saturated heterocycles. The highest BCUT2D eigenvalue weighted by Gasteiger charge is 2.19. The Hall–Kier alpha value is -6.59. The molecule has 0 aliphatic rings. The SMILES string of the molecule is c1ccc(-c2ccc3oc4cccc(-c5nc(-c6ccc7ccccc7c6)nc(-c6ccc7oc8ccccc8c7c6)n5)c4c3c2)cc1. The van der Waals surface area contributed by atoms with Crippen LogP contribution in [0.2, 0.25) is 0 Å². The van der Waals surface area contributed by atoms with Gasteiger partial charge in [0.25, 0.3) is 0 Å². The van der Waals surface area contributed by atoms with E-state index < -0.39 is 0 Å². The molecule has 3 aromatic heterocycles. The van der Waals surface area contributed by atoms with Gasteiger partial charge < -0.3 is 8.83 Å². The van der Waals surface area contributed by atoms with Crippen molar-refractivity contribution in [2.24, 2.45) is 0 Å². The Morgan fingerprint density at radius 3 is 1.81 bits per heavy atom. The Morgan fingerprint density at radius 2 is 0.938 bits per heavy atom. The van der Waals surface area contributed by atoms with E-state index in [-0.39, 0.29) is 0 Å². The van der Waals surface area contributed by atoms with Crippen LogP contribution in [0.4, 0.5) is 0 Å². The summed E-state index contributed by atoms with van der Waals surface area (Å²) in [7, 11) is 0. The standard InChI is InChI=1S/C43H25N3O2/c1-2-9-26(10-3-1)29-19-21-38-35(24-29)40-33(14-8-16-39(40)48-38)43-45-41(30-18-17-27-11-4-5-12-28(27)23-30)44-42(46-43)31-20-22-37-34(25-31)32-13-6-7-15-36(32)47-37/h1-25H. The lowest BCUT2D eigenvalue weighted by Crippen LogP contribution is -2.00. The van der Waals surface area contributed by atoms with E-state index in [1.54, 1.807) is 0 Å². The molecule has 0 unspecified atom stereocenters. The lowest BCUT2D eigenvalue weighted by Gasteiger charge is -2.10. The summed E-state index contributed by atoms with van der Waals surface area (Å²) in [5, 5.41) is 6.36. The van der Waals surface area contributed by atoms with Crippen LogP contribution >= 0.6 is 0 Å². The Bertz CT molecular complexity index is 2850. The Morgan fingerprint density at radius 1 is 0.333 bits per heavy atom. The molecule has 10 rings (SSSR count). The van der Waals surface area contributed by atoms with Crippen LogP contribution in [-0.2, 0) is 0 Å². The fourth-order valence-corrected chi connectivity index (χ4v) is 6.77. The van der Waals surface area contributed by atoms with E-state index >= 15 is 0 Å². The first-order valence-corrected chi connectivity index (χ1v) is 15.9.